The van der Waals surface area contributed by atoms with Crippen molar-refractivity contribution in [1.29, 1.82) is 0 Å². The molecule has 1 fully saturated rings. The Morgan fingerprint density at radius 3 is 1.40 bits per heavy atom. The van der Waals surface area contributed by atoms with Crippen molar-refractivity contribution in [2.24, 2.45) is 0 Å². The van der Waals surface area contributed by atoms with Crippen LogP contribution in [0.5, 0.6) is 0 Å². The Balaban J connectivity index is 2.69. The van der Waals surface area contributed by atoms with E-state index in [1.165, 1.54) is 0 Å². The first-order chi connectivity index (χ1) is 6.95. The van der Waals surface area contributed by atoms with E-state index in [0.29, 0.717) is 0 Å². The lowest BCUT2D eigenvalue weighted by Crippen LogP contribution is -2.07. The van der Waals surface area contributed by atoms with Crippen molar-refractivity contribution in [2.75, 3.05) is 0 Å². The SMILES string of the molecule is O=C1O[C]1c1c(F)c(F)c(F)c(F)c1F. The van der Waals surface area contributed by atoms with Gasteiger partial charge in [-0.3, -0.25) is 0 Å². The van der Waals surface area contributed by atoms with Crippen LogP contribution in [-0.4, -0.2) is 5.97 Å². The molecule has 7 heteroatoms. The van der Waals surface area contributed by atoms with Crippen molar-refractivity contribution in [3.63, 3.8) is 0 Å². The second kappa shape index (κ2) is 2.91. The molecule has 1 heterocycles. The highest BCUT2D eigenvalue weighted by Crippen LogP contribution is 2.36. The quantitative estimate of drug-likeness (QED) is 0.314. The molecule has 0 atom stereocenters. The number of rotatable bonds is 1. The topological polar surface area (TPSA) is 29.6 Å². The van der Waals surface area contributed by atoms with Crippen molar-refractivity contribution >= 4 is 5.97 Å². The molecule has 0 unspecified atom stereocenters. The monoisotopic (exact) mass is 223 g/mol. The van der Waals surface area contributed by atoms with Gasteiger partial charge in [-0.05, 0) is 0 Å². The molecule has 1 aliphatic rings. The van der Waals surface area contributed by atoms with Crippen LogP contribution in [0.15, 0.2) is 0 Å². The standard InChI is InChI=1S/C8F5O2/c9-2-1(7-8(14)15-7)3(10)5(12)6(13)4(2)11. The Bertz CT molecular complexity index is 442. The van der Waals surface area contributed by atoms with Crippen LogP contribution in [0, 0.1) is 35.2 Å². The van der Waals surface area contributed by atoms with Gasteiger partial charge in [0.15, 0.2) is 23.3 Å². The number of halogens is 5. The summed E-state index contributed by atoms with van der Waals surface area (Å²) in [6.07, 6.45) is -0.859. The van der Waals surface area contributed by atoms with Gasteiger partial charge in [-0.1, -0.05) is 0 Å². The molecule has 1 saturated heterocycles. The molecular weight excluding hydrogens is 223 g/mol. The number of ether oxygens (including phenoxy) is 1. The van der Waals surface area contributed by atoms with E-state index in [4.69, 9.17) is 0 Å². The maximum atomic E-state index is 12.9. The second-order valence-corrected chi connectivity index (χ2v) is 2.66. The number of hydrogen-bond donors (Lipinski definition) is 0. The molecule has 1 aliphatic heterocycles. The molecule has 0 spiro atoms. The third-order valence-electron chi connectivity index (χ3n) is 1.78. The predicted octanol–water partition coefficient (Wildman–Crippen LogP) is 1.82. The fourth-order valence-corrected chi connectivity index (χ4v) is 1.02. The first-order valence-electron chi connectivity index (χ1n) is 3.56. The van der Waals surface area contributed by atoms with E-state index in [2.05, 4.69) is 4.74 Å². The molecule has 2 nitrogen and oxygen atoms in total. The molecule has 0 aliphatic carbocycles. The minimum atomic E-state index is -2.28. The number of benzene rings is 1. The molecular formula is C8F5O2. The van der Waals surface area contributed by atoms with Gasteiger partial charge in [0.25, 0.3) is 6.10 Å². The summed E-state index contributed by atoms with van der Waals surface area (Å²) in [5, 5.41) is 0. The van der Waals surface area contributed by atoms with Gasteiger partial charge >= 0.3 is 5.97 Å². The molecule has 1 radical (unpaired) electrons. The summed E-state index contributed by atoms with van der Waals surface area (Å²) in [4.78, 5) is 10.4. The third-order valence-corrected chi connectivity index (χ3v) is 1.78. The van der Waals surface area contributed by atoms with Crippen LogP contribution in [0.3, 0.4) is 0 Å². The third kappa shape index (κ3) is 1.26. The van der Waals surface area contributed by atoms with Crippen LogP contribution in [0.25, 0.3) is 0 Å². The average molecular weight is 223 g/mol. The van der Waals surface area contributed by atoms with Crippen LogP contribution in [0.4, 0.5) is 22.0 Å². The number of hydrogen-bond acceptors (Lipinski definition) is 2. The summed E-state index contributed by atoms with van der Waals surface area (Å²) in [5.41, 5.74) is -1.32. The van der Waals surface area contributed by atoms with Crippen molar-refractivity contribution in [1.82, 2.24) is 0 Å². The van der Waals surface area contributed by atoms with Crippen molar-refractivity contribution in [3.8, 4) is 0 Å². The molecule has 0 aromatic heterocycles. The minimum Gasteiger partial charge on any atom is -0.433 e. The Kier molecular flexibility index (Phi) is 1.92. The van der Waals surface area contributed by atoms with Gasteiger partial charge in [-0.2, -0.15) is 0 Å². The zero-order chi connectivity index (χ0) is 11.3. The van der Waals surface area contributed by atoms with Gasteiger partial charge in [0.1, 0.15) is 0 Å². The Morgan fingerprint density at radius 2 is 1.07 bits per heavy atom. The van der Waals surface area contributed by atoms with E-state index in [1.807, 2.05) is 0 Å². The van der Waals surface area contributed by atoms with Crippen molar-refractivity contribution < 1.29 is 31.5 Å². The summed E-state index contributed by atoms with van der Waals surface area (Å²) in [6, 6.07) is 0. The largest absolute Gasteiger partial charge is 0.433 e. The summed E-state index contributed by atoms with van der Waals surface area (Å²) in [5.74, 6) is -11.8. The molecule has 0 amide bonds. The minimum absolute atomic E-state index is 0.859. The van der Waals surface area contributed by atoms with E-state index in [9.17, 15) is 26.7 Å². The van der Waals surface area contributed by atoms with E-state index in [0.717, 1.165) is 0 Å². The van der Waals surface area contributed by atoms with Crippen LogP contribution < -0.4 is 0 Å². The summed E-state index contributed by atoms with van der Waals surface area (Å²) in [6.45, 7) is 0. The normalized spacial score (nSPS) is 15.4. The number of cyclic esters (lactones) is 1. The highest BCUT2D eigenvalue weighted by atomic mass is 19.2. The molecule has 0 bridgehead atoms. The fourth-order valence-electron chi connectivity index (χ4n) is 1.02. The zero-order valence-electron chi connectivity index (χ0n) is 6.71. The molecule has 1 aromatic rings. The predicted molar refractivity (Wildman–Crippen MR) is 34.7 cm³/mol. The molecule has 1 aromatic carbocycles. The number of carbonyl (C=O) groups excluding carboxylic acids is 1. The number of epoxide rings is 1. The smallest absolute Gasteiger partial charge is 0.362 e. The Morgan fingerprint density at radius 1 is 0.733 bits per heavy atom. The highest BCUT2D eigenvalue weighted by Gasteiger charge is 2.48. The van der Waals surface area contributed by atoms with Crippen LogP contribution >= 0.6 is 0 Å². The van der Waals surface area contributed by atoms with Crippen LogP contribution in [-0.2, 0) is 9.53 Å². The van der Waals surface area contributed by atoms with Crippen LogP contribution in [0.2, 0.25) is 0 Å². The fraction of sp³-hybridized carbons (Fsp3) is 0. The Hall–Kier alpha value is -1.66. The first-order valence-corrected chi connectivity index (χ1v) is 3.56. The maximum Gasteiger partial charge on any atom is 0.362 e. The second-order valence-electron chi connectivity index (χ2n) is 2.66. The molecule has 15 heavy (non-hydrogen) atoms. The van der Waals surface area contributed by atoms with Gasteiger partial charge in [0.05, 0.1) is 5.56 Å². The van der Waals surface area contributed by atoms with E-state index in [-0.39, 0.29) is 0 Å². The molecule has 79 valence electrons. The lowest BCUT2D eigenvalue weighted by molar-refractivity contribution is -0.117. The zero-order valence-corrected chi connectivity index (χ0v) is 6.71. The maximum absolute atomic E-state index is 12.9. The van der Waals surface area contributed by atoms with Gasteiger partial charge < -0.3 is 4.74 Å². The summed E-state index contributed by atoms with van der Waals surface area (Å²) in [7, 11) is 0. The van der Waals surface area contributed by atoms with Gasteiger partial charge in [0.2, 0.25) is 5.82 Å². The summed E-state index contributed by atoms with van der Waals surface area (Å²) >= 11 is 0. The van der Waals surface area contributed by atoms with E-state index < -0.39 is 46.7 Å². The first kappa shape index (κ1) is 9.88. The van der Waals surface area contributed by atoms with Gasteiger partial charge in [-0.15, -0.1) is 0 Å². The Labute approximate surface area is 79.3 Å². The highest BCUT2D eigenvalue weighted by molar-refractivity contribution is 6.01. The van der Waals surface area contributed by atoms with Gasteiger partial charge in [0, 0.05) is 0 Å². The lowest BCUT2D eigenvalue weighted by atomic mass is 10.1. The van der Waals surface area contributed by atoms with Crippen LogP contribution in [0.1, 0.15) is 5.56 Å². The molecule has 2 rings (SSSR count). The van der Waals surface area contributed by atoms with Gasteiger partial charge in [-0.25, -0.2) is 26.7 Å². The number of carbonyl (C=O) groups is 1. The van der Waals surface area contributed by atoms with Crippen molar-refractivity contribution in [3.05, 3.63) is 40.8 Å². The summed E-state index contributed by atoms with van der Waals surface area (Å²) < 4.78 is 67.4. The average Bonchev–Trinajstić information content (AvgIpc) is 2.90. The van der Waals surface area contributed by atoms with E-state index in [1.54, 1.807) is 0 Å². The lowest BCUT2D eigenvalue weighted by Gasteiger charge is -2.02. The van der Waals surface area contributed by atoms with E-state index >= 15 is 0 Å². The molecule has 0 N–H and O–H groups in total. The molecule has 0 saturated carbocycles. The van der Waals surface area contributed by atoms with Crippen molar-refractivity contribution in [2.45, 2.75) is 0 Å².